The second kappa shape index (κ2) is 2.25. The SMILES string of the molecule is C1S[C@H]2CS[C@@H]3CS[C@@H]1N23. The van der Waals surface area contributed by atoms with Crippen LogP contribution in [-0.2, 0) is 0 Å². The molecule has 0 aromatic heterocycles. The third-order valence-electron chi connectivity index (χ3n) is 2.29. The van der Waals surface area contributed by atoms with Gasteiger partial charge in [0, 0.05) is 17.3 Å². The van der Waals surface area contributed by atoms with E-state index in [1.807, 2.05) is 0 Å². The van der Waals surface area contributed by atoms with Crippen molar-refractivity contribution in [3.63, 3.8) is 0 Å². The van der Waals surface area contributed by atoms with Crippen LogP contribution in [-0.4, -0.2) is 38.3 Å². The Labute approximate surface area is 73.7 Å². The second-order valence-corrected chi connectivity index (χ2v) is 6.44. The third kappa shape index (κ3) is 0.737. The molecule has 4 heteroatoms. The molecular weight excluding hydrogens is 182 g/mol. The van der Waals surface area contributed by atoms with Gasteiger partial charge in [0.2, 0.25) is 0 Å². The van der Waals surface area contributed by atoms with Crippen LogP contribution in [0.1, 0.15) is 0 Å². The van der Waals surface area contributed by atoms with Crippen LogP contribution in [0.2, 0.25) is 0 Å². The summed E-state index contributed by atoms with van der Waals surface area (Å²) < 4.78 is 0. The van der Waals surface area contributed by atoms with Crippen LogP contribution in [0.25, 0.3) is 0 Å². The van der Waals surface area contributed by atoms with Gasteiger partial charge in [-0.1, -0.05) is 0 Å². The first kappa shape index (κ1) is 6.52. The van der Waals surface area contributed by atoms with E-state index in [1.165, 1.54) is 17.3 Å². The molecule has 0 unspecified atom stereocenters. The van der Waals surface area contributed by atoms with Gasteiger partial charge in [-0.15, -0.1) is 35.3 Å². The van der Waals surface area contributed by atoms with Gasteiger partial charge in [-0.05, 0) is 0 Å². The van der Waals surface area contributed by atoms with Gasteiger partial charge in [0.25, 0.3) is 0 Å². The van der Waals surface area contributed by atoms with Gasteiger partial charge in [-0.2, -0.15) is 0 Å². The maximum Gasteiger partial charge on any atom is 0.0670 e. The first-order chi connectivity index (χ1) is 4.95. The first-order valence-corrected chi connectivity index (χ1v) is 6.72. The van der Waals surface area contributed by atoms with Crippen LogP contribution >= 0.6 is 35.3 Å². The van der Waals surface area contributed by atoms with Crippen molar-refractivity contribution in [2.45, 2.75) is 16.1 Å². The molecule has 3 heterocycles. The molecule has 0 bridgehead atoms. The molecule has 0 radical (unpaired) electrons. The maximum atomic E-state index is 2.72. The van der Waals surface area contributed by atoms with Crippen LogP contribution < -0.4 is 0 Å². The van der Waals surface area contributed by atoms with Gasteiger partial charge in [0.15, 0.2) is 0 Å². The van der Waals surface area contributed by atoms with E-state index in [1.54, 1.807) is 0 Å². The molecule has 3 fully saturated rings. The van der Waals surface area contributed by atoms with Gasteiger partial charge >= 0.3 is 0 Å². The minimum Gasteiger partial charge on any atom is -0.265 e. The van der Waals surface area contributed by atoms with E-state index in [-0.39, 0.29) is 0 Å². The molecule has 1 nitrogen and oxygen atoms in total. The van der Waals surface area contributed by atoms with E-state index in [4.69, 9.17) is 0 Å². The summed E-state index contributed by atoms with van der Waals surface area (Å²) in [6.07, 6.45) is 0. The van der Waals surface area contributed by atoms with Gasteiger partial charge in [-0.25, -0.2) is 0 Å². The molecule has 0 aliphatic carbocycles. The fourth-order valence-corrected chi connectivity index (χ4v) is 6.96. The molecule has 0 saturated carbocycles. The third-order valence-corrected chi connectivity index (χ3v) is 6.83. The van der Waals surface area contributed by atoms with Crippen molar-refractivity contribution in [1.29, 1.82) is 0 Å². The summed E-state index contributed by atoms with van der Waals surface area (Å²) in [6.45, 7) is 0. The molecule has 0 spiro atoms. The highest BCUT2D eigenvalue weighted by atomic mass is 32.2. The number of hydrogen-bond donors (Lipinski definition) is 0. The summed E-state index contributed by atoms with van der Waals surface area (Å²) in [7, 11) is 0. The topological polar surface area (TPSA) is 3.24 Å². The van der Waals surface area contributed by atoms with Crippen molar-refractivity contribution in [3.05, 3.63) is 0 Å². The smallest absolute Gasteiger partial charge is 0.0670 e. The predicted octanol–water partition coefficient (Wildman–Crippen LogP) is 1.51. The maximum absolute atomic E-state index is 2.72. The zero-order valence-corrected chi connectivity index (χ0v) is 7.97. The number of nitrogens with zero attached hydrogens (tertiary/aromatic N) is 1. The Morgan fingerprint density at radius 1 is 0.800 bits per heavy atom. The van der Waals surface area contributed by atoms with Crippen molar-refractivity contribution in [2.75, 3.05) is 17.3 Å². The quantitative estimate of drug-likeness (QED) is 0.570. The molecule has 3 aliphatic heterocycles. The average Bonchev–Trinajstić information content (AvgIpc) is 2.56. The average molecular weight is 191 g/mol. The second-order valence-electron chi connectivity index (χ2n) is 2.81. The Morgan fingerprint density at radius 3 is 1.60 bits per heavy atom. The Kier molecular flexibility index (Phi) is 1.47. The van der Waals surface area contributed by atoms with Gasteiger partial charge < -0.3 is 0 Å². The lowest BCUT2D eigenvalue weighted by molar-refractivity contribution is 0.311. The minimum atomic E-state index is 0.884. The van der Waals surface area contributed by atoms with E-state index in [2.05, 4.69) is 40.2 Å². The molecule has 56 valence electrons. The van der Waals surface area contributed by atoms with Gasteiger partial charge in [0.05, 0.1) is 16.1 Å². The summed E-state index contributed by atoms with van der Waals surface area (Å²) >= 11 is 6.48. The molecule has 0 aromatic rings. The van der Waals surface area contributed by atoms with Crippen molar-refractivity contribution in [2.24, 2.45) is 0 Å². The number of rotatable bonds is 0. The van der Waals surface area contributed by atoms with E-state index >= 15 is 0 Å². The van der Waals surface area contributed by atoms with Crippen LogP contribution in [0.4, 0.5) is 0 Å². The molecular formula is C6H9NS3. The van der Waals surface area contributed by atoms with Crippen LogP contribution in [0.3, 0.4) is 0 Å². The number of hydrogen-bond acceptors (Lipinski definition) is 4. The Balaban J connectivity index is 1.94. The van der Waals surface area contributed by atoms with E-state index in [9.17, 15) is 0 Å². The van der Waals surface area contributed by atoms with Crippen LogP contribution in [0, 0.1) is 0 Å². The highest BCUT2D eigenvalue weighted by molar-refractivity contribution is 8.08. The Hall–Kier alpha value is 1.01. The molecule has 3 saturated heterocycles. The van der Waals surface area contributed by atoms with Crippen LogP contribution in [0.5, 0.6) is 0 Å². The Morgan fingerprint density at radius 2 is 1.20 bits per heavy atom. The number of thioether (sulfide) groups is 3. The van der Waals surface area contributed by atoms with Crippen molar-refractivity contribution >= 4 is 35.3 Å². The Bertz CT molecular complexity index is 123. The van der Waals surface area contributed by atoms with Crippen molar-refractivity contribution in [3.8, 4) is 0 Å². The zero-order chi connectivity index (χ0) is 6.55. The highest BCUT2D eigenvalue weighted by Crippen LogP contribution is 2.50. The standard InChI is InChI=1S/C6H9NS3/c1-4-7-5(8-1)2-10-6(7)3-9-4/h4-6H,1-3H2/t4-,5-,6+/m0/s1. The highest BCUT2D eigenvalue weighted by Gasteiger charge is 2.48. The molecule has 3 aliphatic rings. The van der Waals surface area contributed by atoms with E-state index in [0.29, 0.717) is 0 Å². The molecule has 0 aromatic carbocycles. The summed E-state index contributed by atoms with van der Waals surface area (Å²) in [5.74, 6) is 4.14. The molecule has 0 amide bonds. The fourth-order valence-electron chi connectivity index (χ4n) is 1.80. The molecule has 3 rings (SSSR count). The largest absolute Gasteiger partial charge is 0.265 e. The van der Waals surface area contributed by atoms with E-state index in [0.717, 1.165) is 16.1 Å². The molecule has 10 heavy (non-hydrogen) atoms. The summed E-state index contributed by atoms with van der Waals surface area (Å²) in [5.41, 5.74) is 0. The lowest BCUT2D eigenvalue weighted by Crippen LogP contribution is -2.30. The van der Waals surface area contributed by atoms with E-state index < -0.39 is 0 Å². The normalized spacial score (nSPS) is 52.2. The summed E-state index contributed by atoms with van der Waals surface area (Å²) in [5, 5.41) is 2.65. The summed E-state index contributed by atoms with van der Waals surface area (Å²) in [6, 6.07) is 0. The van der Waals surface area contributed by atoms with Gasteiger partial charge in [0.1, 0.15) is 0 Å². The first-order valence-electron chi connectivity index (χ1n) is 3.57. The lowest BCUT2D eigenvalue weighted by atomic mass is 10.5. The summed E-state index contributed by atoms with van der Waals surface area (Å²) in [4.78, 5) is 2.72. The van der Waals surface area contributed by atoms with Gasteiger partial charge in [-0.3, -0.25) is 4.90 Å². The van der Waals surface area contributed by atoms with Crippen molar-refractivity contribution < 1.29 is 0 Å². The van der Waals surface area contributed by atoms with Crippen LogP contribution in [0.15, 0.2) is 0 Å². The minimum absolute atomic E-state index is 0.884. The monoisotopic (exact) mass is 191 g/mol. The lowest BCUT2D eigenvalue weighted by Gasteiger charge is -2.16. The fraction of sp³-hybridized carbons (Fsp3) is 1.00. The predicted molar refractivity (Wildman–Crippen MR) is 50.6 cm³/mol. The van der Waals surface area contributed by atoms with Crippen molar-refractivity contribution in [1.82, 2.24) is 4.90 Å². The molecule has 0 N–H and O–H groups in total. The molecule has 3 atom stereocenters. The zero-order valence-electron chi connectivity index (χ0n) is 5.53.